The predicted molar refractivity (Wildman–Crippen MR) is 144 cm³/mol. The number of nitrogens with one attached hydrogen (secondary N) is 1. The molecule has 5 nitrogen and oxygen atoms in total. The first kappa shape index (κ1) is 23.9. The van der Waals surface area contributed by atoms with E-state index in [0.717, 1.165) is 48.3 Å². The van der Waals surface area contributed by atoms with Crippen LogP contribution in [0.2, 0.25) is 0 Å². The van der Waals surface area contributed by atoms with Crippen molar-refractivity contribution in [3.8, 4) is 11.1 Å². The third-order valence-corrected chi connectivity index (χ3v) is 6.59. The van der Waals surface area contributed by atoms with E-state index in [1.807, 2.05) is 41.5 Å². The molecule has 2 aliphatic rings. The number of allylic oxidation sites excluding steroid dienone is 5. The van der Waals surface area contributed by atoms with Crippen LogP contribution in [0.15, 0.2) is 96.9 Å². The minimum Gasteiger partial charge on any atom is -0.362 e. The molecule has 0 atom stereocenters. The largest absolute Gasteiger partial charge is 0.362 e. The highest BCUT2D eigenvalue weighted by Gasteiger charge is 2.24. The molecular weight excluding hydrogens is 446 g/mol. The van der Waals surface area contributed by atoms with Crippen LogP contribution in [0.1, 0.15) is 28.7 Å². The molecule has 0 saturated heterocycles. The van der Waals surface area contributed by atoms with E-state index in [4.69, 9.17) is 4.74 Å². The monoisotopic (exact) mass is 477 g/mol. The number of hydrogen-bond acceptors (Lipinski definition) is 4. The predicted octanol–water partition coefficient (Wildman–Crippen LogP) is 5.65. The summed E-state index contributed by atoms with van der Waals surface area (Å²) in [7, 11) is 0. The molecule has 3 aromatic rings. The fourth-order valence-electron chi connectivity index (χ4n) is 4.75. The molecule has 5 rings (SSSR count). The first-order valence-corrected chi connectivity index (χ1v) is 12.4. The summed E-state index contributed by atoms with van der Waals surface area (Å²) in [6.07, 6.45) is 15.2. The number of fused-ring (bicyclic) bond motifs is 1. The molecule has 0 fully saturated rings. The van der Waals surface area contributed by atoms with Crippen molar-refractivity contribution in [2.75, 3.05) is 18.2 Å². The highest BCUT2D eigenvalue weighted by atomic mass is 16.5. The van der Waals surface area contributed by atoms with Gasteiger partial charge in [0.25, 0.3) is 5.91 Å². The Morgan fingerprint density at radius 2 is 2.08 bits per heavy atom. The molecule has 0 radical (unpaired) electrons. The molecular formula is C31H31N3O2. The van der Waals surface area contributed by atoms with Crippen molar-refractivity contribution < 1.29 is 9.53 Å². The number of ether oxygens (including phenoxy) is 1. The van der Waals surface area contributed by atoms with Crippen LogP contribution in [0.3, 0.4) is 0 Å². The van der Waals surface area contributed by atoms with Gasteiger partial charge in [0.2, 0.25) is 0 Å². The SMILES string of the molecule is Cc1cc(COCNCc2cccnc2)ccc1-c1ccc2c(c1)CCN2C(=O)/C=C1\C=CC=CC1. The minimum atomic E-state index is 0.0620. The Kier molecular flexibility index (Phi) is 7.50. The van der Waals surface area contributed by atoms with E-state index in [2.05, 4.69) is 59.7 Å². The highest BCUT2D eigenvalue weighted by Crippen LogP contribution is 2.34. The smallest absolute Gasteiger partial charge is 0.251 e. The quantitative estimate of drug-likeness (QED) is 0.259. The second-order valence-electron chi connectivity index (χ2n) is 9.22. The van der Waals surface area contributed by atoms with Crippen LogP contribution in [-0.2, 0) is 29.1 Å². The average molecular weight is 478 g/mol. The van der Waals surface area contributed by atoms with Crippen LogP contribution in [-0.4, -0.2) is 24.2 Å². The van der Waals surface area contributed by atoms with Gasteiger partial charge in [-0.2, -0.15) is 0 Å². The number of anilines is 1. The van der Waals surface area contributed by atoms with E-state index in [0.29, 0.717) is 13.3 Å². The lowest BCUT2D eigenvalue weighted by atomic mass is 9.96. The summed E-state index contributed by atoms with van der Waals surface area (Å²) in [6.45, 7) is 4.65. The Bertz CT molecular complexity index is 1320. The topological polar surface area (TPSA) is 54.5 Å². The van der Waals surface area contributed by atoms with Gasteiger partial charge in [0.1, 0.15) is 0 Å². The van der Waals surface area contributed by atoms with Crippen molar-refractivity contribution in [1.29, 1.82) is 0 Å². The maximum absolute atomic E-state index is 12.9. The Morgan fingerprint density at radius 1 is 1.14 bits per heavy atom. The van der Waals surface area contributed by atoms with Gasteiger partial charge in [-0.3, -0.25) is 15.1 Å². The van der Waals surface area contributed by atoms with Crippen LogP contribution in [0.25, 0.3) is 11.1 Å². The lowest BCUT2D eigenvalue weighted by Gasteiger charge is -2.17. The number of benzene rings is 2. The molecule has 5 heteroatoms. The standard InChI is InChI=1S/C31H31N3O2/c1-23-16-25(21-36-22-33-20-26-8-5-14-32-19-26)9-11-29(23)27-10-12-30-28(18-27)13-15-34(30)31(35)17-24-6-3-2-4-7-24/h2-6,8-12,14,16-19,33H,7,13,15,20-22H2,1H3/b24-17+. The first-order valence-electron chi connectivity index (χ1n) is 12.4. The average Bonchev–Trinajstić information content (AvgIpc) is 3.33. The molecule has 1 aliphatic carbocycles. The zero-order valence-electron chi connectivity index (χ0n) is 20.6. The van der Waals surface area contributed by atoms with E-state index in [1.54, 1.807) is 12.3 Å². The van der Waals surface area contributed by atoms with Gasteiger partial charge in [-0.05, 0) is 76.9 Å². The second kappa shape index (κ2) is 11.3. The molecule has 0 saturated carbocycles. The third-order valence-electron chi connectivity index (χ3n) is 6.59. The fraction of sp³-hybridized carbons (Fsp3) is 0.226. The maximum atomic E-state index is 12.9. The normalized spacial score (nSPS) is 15.5. The molecule has 2 aromatic carbocycles. The zero-order chi connectivity index (χ0) is 24.7. The molecule has 36 heavy (non-hydrogen) atoms. The van der Waals surface area contributed by atoms with Crippen LogP contribution in [0.4, 0.5) is 5.69 Å². The van der Waals surface area contributed by atoms with E-state index in [-0.39, 0.29) is 5.91 Å². The second-order valence-corrected chi connectivity index (χ2v) is 9.22. The maximum Gasteiger partial charge on any atom is 0.251 e. The van der Waals surface area contributed by atoms with Gasteiger partial charge in [0.05, 0.1) is 13.3 Å². The number of carbonyl (C=O) groups is 1. The summed E-state index contributed by atoms with van der Waals surface area (Å²) < 4.78 is 5.81. The number of carbonyl (C=O) groups excluding carboxylic acids is 1. The van der Waals surface area contributed by atoms with Crippen molar-refractivity contribution in [1.82, 2.24) is 10.3 Å². The summed E-state index contributed by atoms with van der Waals surface area (Å²) >= 11 is 0. The number of aromatic nitrogens is 1. The number of aryl methyl sites for hydroxylation is 1. The van der Waals surface area contributed by atoms with E-state index >= 15 is 0 Å². The van der Waals surface area contributed by atoms with Crippen molar-refractivity contribution in [2.45, 2.75) is 32.9 Å². The first-order chi connectivity index (χ1) is 17.7. The highest BCUT2D eigenvalue weighted by molar-refractivity contribution is 6.03. The Morgan fingerprint density at radius 3 is 2.89 bits per heavy atom. The molecule has 0 unspecified atom stereocenters. The van der Waals surface area contributed by atoms with Crippen LogP contribution >= 0.6 is 0 Å². The summed E-state index contributed by atoms with van der Waals surface area (Å²) in [5.41, 5.74) is 9.20. The van der Waals surface area contributed by atoms with Crippen molar-refractivity contribution in [3.63, 3.8) is 0 Å². The summed E-state index contributed by atoms with van der Waals surface area (Å²) in [5.74, 6) is 0.0620. The summed E-state index contributed by atoms with van der Waals surface area (Å²) in [5, 5.41) is 3.28. The lowest BCUT2D eigenvalue weighted by molar-refractivity contribution is -0.114. The number of pyridine rings is 1. The molecule has 182 valence electrons. The van der Waals surface area contributed by atoms with Crippen LogP contribution in [0, 0.1) is 6.92 Å². The van der Waals surface area contributed by atoms with E-state index in [9.17, 15) is 4.79 Å². The Hall–Kier alpha value is -3.80. The number of nitrogens with zero attached hydrogens (tertiary/aromatic N) is 2. The van der Waals surface area contributed by atoms with Gasteiger partial charge < -0.3 is 9.64 Å². The summed E-state index contributed by atoms with van der Waals surface area (Å²) in [6, 6.07) is 16.9. The molecule has 0 spiro atoms. The van der Waals surface area contributed by atoms with Crippen molar-refractivity contribution in [2.24, 2.45) is 0 Å². The van der Waals surface area contributed by atoms with Gasteiger partial charge in [-0.15, -0.1) is 0 Å². The molecule has 0 bridgehead atoms. The van der Waals surface area contributed by atoms with E-state index in [1.165, 1.54) is 22.3 Å². The van der Waals surface area contributed by atoms with Gasteiger partial charge >= 0.3 is 0 Å². The number of rotatable bonds is 8. The zero-order valence-corrected chi connectivity index (χ0v) is 20.6. The van der Waals surface area contributed by atoms with Crippen molar-refractivity contribution >= 4 is 11.6 Å². The molecule has 1 amide bonds. The van der Waals surface area contributed by atoms with E-state index < -0.39 is 0 Å². The molecule has 1 aliphatic heterocycles. The van der Waals surface area contributed by atoms with Gasteiger partial charge in [0.15, 0.2) is 0 Å². The molecule has 1 aromatic heterocycles. The Labute approximate surface area is 212 Å². The fourth-order valence-corrected chi connectivity index (χ4v) is 4.75. The van der Waals surface area contributed by atoms with Gasteiger partial charge in [0, 0.05) is 37.2 Å². The minimum absolute atomic E-state index is 0.0620. The molecule has 2 heterocycles. The molecule has 1 N–H and O–H groups in total. The van der Waals surface area contributed by atoms with Crippen LogP contribution in [0.5, 0.6) is 0 Å². The number of amides is 1. The lowest BCUT2D eigenvalue weighted by Crippen LogP contribution is -2.27. The van der Waals surface area contributed by atoms with Crippen molar-refractivity contribution in [3.05, 3.63) is 119 Å². The van der Waals surface area contributed by atoms with Crippen LogP contribution < -0.4 is 10.2 Å². The summed E-state index contributed by atoms with van der Waals surface area (Å²) in [4.78, 5) is 18.9. The van der Waals surface area contributed by atoms with Gasteiger partial charge in [-0.25, -0.2) is 0 Å². The number of hydrogen-bond donors (Lipinski definition) is 1. The van der Waals surface area contributed by atoms with Gasteiger partial charge in [-0.1, -0.05) is 54.6 Å². The Balaban J connectivity index is 1.19. The third kappa shape index (κ3) is 5.70.